The van der Waals surface area contributed by atoms with Crippen molar-refractivity contribution in [2.24, 2.45) is 4.99 Å². The van der Waals surface area contributed by atoms with Crippen LogP contribution in [0, 0.1) is 0 Å². The lowest BCUT2D eigenvalue weighted by molar-refractivity contribution is 0.111. The first-order valence-corrected chi connectivity index (χ1v) is 5.51. The molecule has 1 atom stereocenters. The van der Waals surface area contributed by atoms with Crippen molar-refractivity contribution in [3.63, 3.8) is 0 Å². The van der Waals surface area contributed by atoms with Crippen LogP contribution in [0.15, 0.2) is 58.1 Å². The van der Waals surface area contributed by atoms with Crippen molar-refractivity contribution < 1.29 is 9.15 Å². The van der Waals surface area contributed by atoms with Crippen LogP contribution in [0.25, 0.3) is 0 Å². The van der Waals surface area contributed by atoms with Crippen molar-refractivity contribution in [3.05, 3.63) is 60.1 Å². The van der Waals surface area contributed by atoms with E-state index in [1.54, 1.807) is 19.6 Å². The van der Waals surface area contributed by atoms with Crippen LogP contribution in [0.4, 0.5) is 0 Å². The van der Waals surface area contributed by atoms with Crippen LogP contribution < -0.4 is 0 Å². The molecule has 1 aromatic heterocycles. The molecule has 0 saturated carbocycles. The molecule has 0 bridgehead atoms. The van der Waals surface area contributed by atoms with Gasteiger partial charge in [-0.1, -0.05) is 30.3 Å². The fourth-order valence-electron chi connectivity index (χ4n) is 1.59. The summed E-state index contributed by atoms with van der Waals surface area (Å²) in [5.41, 5.74) is 1.13. The minimum absolute atomic E-state index is 0.0117. The second-order valence-corrected chi connectivity index (χ2v) is 3.64. The molecule has 0 aliphatic carbocycles. The molecule has 0 N–H and O–H groups in total. The standard InChI is InChI=1S/C14H15NO2/c1-16-14(12-6-3-2-4-7-12)11-15-10-13-8-5-9-17-13/h2-10,14H,11H2,1H3. The highest BCUT2D eigenvalue weighted by Gasteiger charge is 2.07. The zero-order valence-electron chi connectivity index (χ0n) is 9.74. The van der Waals surface area contributed by atoms with Crippen LogP contribution in [0.1, 0.15) is 17.4 Å². The van der Waals surface area contributed by atoms with Gasteiger partial charge in [-0.25, -0.2) is 0 Å². The molecular formula is C14H15NO2. The Hall–Kier alpha value is -1.87. The van der Waals surface area contributed by atoms with E-state index >= 15 is 0 Å². The van der Waals surface area contributed by atoms with Crippen LogP contribution in [-0.4, -0.2) is 19.9 Å². The van der Waals surface area contributed by atoms with Crippen molar-refractivity contribution in [2.45, 2.75) is 6.10 Å². The van der Waals surface area contributed by atoms with Crippen molar-refractivity contribution in [1.82, 2.24) is 0 Å². The Kier molecular flexibility index (Phi) is 4.11. The van der Waals surface area contributed by atoms with E-state index in [2.05, 4.69) is 4.99 Å². The highest BCUT2D eigenvalue weighted by Crippen LogP contribution is 2.16. The van der Waals surface area contributed by atoms with Gasteiger partial charge in [0.05, 0.1) is 19.0 Å². The monoisotopic (exact) mass is 229 g/mol. The number of furan rings is 1. The van der Waals surface area contributed by atoms with E-state index in [0.29, 0.717) is 6.54 Å². The molecule has 0 fully saturated rings. The van der Waals surface area contributed by atoms with Gasteiger partial charge in [-0.05, 0) is 17.7 Å². The minimum Gasteiger partial charge on any atom is -0.463 e. The molecular weight excluding hydrogens is 214 g/mol. The highest BCUT2D eigenvalue weighted by molar-refractivity contribution is 5.75. The Morgan fingerprint density at radius 1 is 1.24 bits per heavy atom. The van der Waals surface area contributed by atoms with E-state index in [1.165, 1.54) is 0 Å². The van der Waals surface area contributed by atoms with Crippen LogP contribution in [0.2, 0.25) is 0 Å². The highest BCUT2D eigenvalue weighted by atomic mass is 16.5. The van der Waals surface area contributed by atoms with Crippen molar-refractivity contribution in [3.8, 4) is 0 Å². The van der Waals surface area contributed by atoms with Crippen LogP contribution in [0.5, 0.6) is 0 Å². The number of hydrogen-bond acceptors (Lipinski definition) is 3. The molecule has 2 aromatic rings. The average Bonchev–Trinajstić information content (AvgIpc) is 2.89. The van der Waals surface area contributed by atoms with E-state index in [4.69, 9.17) is 9.15 Å². The summed E-state index contributed by atoms with van der Waals surface area (Å²) in [5.74, 6) is 0.757. The molecule has 3 nitrogen and oxygen atoms in total. The first-order valence-electron chi connectivity index (χ1n) is 5.51. The maximum Gasteiger partial charge on any atom is 0.144 e. The SMILES string of the molecule is COC(CN=Cc1ccco1)c1ccccc1. The summed E-state index contributed by atoms with van der Waals surface area (Å²) in [7, 11) is 1.69. The number of ether oxygens (including phenoxy) is 1. The Morgan fingerprint density at radius 3 is 2.71 bits per heavy atom. The molecule has 88 valence electrons. The number of benzene rings is 1. The fourth-order valence-corrected chi connectivity index (χ4v) is 1.59. The number of methoxy groups -OCH3 is 1. The average molecular weight is 229 g/mol. The normalized spacial score (nSPS) is 13.0. The molecule has 1 aromatic carbocycles. The molecule has 0 spiro atoms. The molecule has 0 aliphatic rings. The predicted molar refractivity (Wildman–Crippen MR) is 67.4 cm³/mol. The van der Waals surface area contributed by atoms with Gasteiger partial charge in [0.25, 0.3) is 0 Å². The summed E-state index contributed by atoms with van der Waals surface area (Å²) in [5, 5.41) is 0. The van der Waals surface area contributed by atoms with Gasteiger partial charge in [0.15, 0.2) is 0 Å². The van der Waals surface area contributed by atoms with Gasteiger partial charge in [0, 0.05) is 7.11 Å². The quantitative estimate of drug-likeness (QED) is 0.738. The predicted octanol–water partition coefficient (Wildman–Crippen LogP) is 3.09. The zero-order valence-corrected chi connectivity index (χ0v) is 9.74. The summed E-state index contributed by atoms with van der Waals surface area (Å²) in [6, 6.07) is 13.8. The largest absolute Gasteiger partial charge is 0.463 e. The van der Waals surface area contributed by atoms with Gasteiger partial charge in [-0.2, -0.15) is 0 Å². The number of hydrogen-bond donors (Lipinski definition) is 0. The van der Waals surface area contributed by atoms with E-state index < -0.39 is 0 Å². The summed E-state index contributed by atoms with van der Waals surface area (Å²) < 4.78 is 10.6. The Bertz CT molecular complexity index is 448. The smallest absolute Gasteiger partial charge is 0.144 e. The molecule has 0 amide bonds. The summed E-state index contributed by atoms with van der Waals surface area (Å²) in [6.45, 7) is 0.585. The summed E-state index contributed by atoms with van der Waals surface area (Å²) in [6.07, 6.45) is 3.34. The van der Waals surface area contributed by atoms with E-state index in [9.17, 15) is 0 Å². The van der Waals surface area contributed by atoms with Gasteiger partial charge in [0.1, 0.15) is 11.9 Å². The lowest BCUT2D eigenvalue weighted by Crippen LogP contribution is -2.05. The molecule has 17 heavy (non-hydrogen) atoms. The Morgan fingerprint density at radius 2 is 2.06 bits per heavy atom. The third-order valence-corrected chi connectivity index (χ3v) is 2.49. The number of aliphatic imine (C=N–C) groups is 1. The van der Waals surface area contributed by atoms with Crippen LogP contribution in [-0.2, 0) is 4.74 Å². The maximum absolute atomic E-state index is 5.41. The van der Waals surface area contributed by atoms with Crippen molar-refractivity contribution in [1.29, 1.82) is 0 Å². The second kappa shape index (κ2) is 6.01. The Labute approximate surface area is 101 Å². The molecule has 0 aliphatic heterocycles. The first kappa shape index (κ1) is 11.6. The molecule has 1 heterocycles. The summed E-state index contributed by atoms with van der Waals surface area (Å²) in [4.78, 5) is 4.32. The van der Waals surface area contributed by atoms with Crippen LogP contribution >= 0.6 is 0 Å². The van der Waals surface area contributed by atoms with Gasteiger partial charge in [-0.15, -0.1) is 0 Å². The lowest BCUT2D eigenvalue weighted by atomic mass is 10.1. The molecule has 2 rings (SSSR count). The van der Waals surface area contributed by atoms with Crippen molar-refractivity contribution >= 4 is 6.21 Å². The Balaban J connectivity index is 1.97. The molecule has 3 heteroatoms. The number of rotatable bonds is 5. The summed E-state index contributed by atoms with van der Waals surface area (Å²) >= 11 is 0. The first-order chi connectivity index (χ1) is 8.40. The van der Waals surface area contributed by atoms with Crippen LogP contribution in [0.3, 0.4) is 0 Å². The fraction of sp³-hybridized carbons (Fsp3) is 0.214. The third kappa shape index (κ3) is 3.29. The van der Waals surface area contributed by atoms with E-state index in [1.807, 2.05) is 42.5 Å². The lowest BCUT2D eigenvalue weighted by Gasteiger charge is -2.12. The number of nitrogens with zero attached hydrogens (tertiary/aromatic N) is 1. The van der Waals surface area contributed by atoms with E-state index in [-0.39, 0.29) is 6.10 Å². The van der Waals surface area contributed by atoms with Gasteiger partial charge in [-0.3, -0.25) is 4.99 Å². The zero-order chi connectivity index (χ0) is 11.9. The van der Waals surface area contributed by atoms with Gasteiger partial charge in [0.2, 0.25) is 0 Å². The molecule has 1 unspecified atom stereocenters. The maximum atomic E-state index is 5.41. The minimum atomic E-state index is -0.0117. The molecule has 0 saturated heterocycles. The van der Waals surface area contributed by atoms with Gasteiger partial charge >= 0.3 is 0 Å². The topological polar surface area (TPSA) is 34.7 Å². The third-order valence-electron chi connectivity index (χ3n) is 2.49. The second-order valence-electron chi connectivity index (χ2n) is 3.64. The van der Waals surface area contributed by atoms with Gasteiger partial charge < -0.3 is 9.15 Å². The van der Waals surface area contributed by atoms with E-state index in [0.717, 1.165) is 11.3 Å². The van der Waals surface area contributed by atoms with Crippen molar-refractivity contribution in [2.75, 3.05) is 13.7 Å². The molecule has 0 radical (unpaired) electrons.